The van der Waals surface area contributed by atoms with Crippen LogP contribution in [0.3, 0.4) is 0 Å². The molecule has 3 aromatic rings. The van der Waals surface area contributed by atoms with E-state index in [4.69, 9.17) is 0 Å². The summed E-state index contributed by atoms with van der Waals surface area (Å²) in [5, 5.41) is 0.431. The van der Waals surface area contributed by atoms with E-state index in [1.165, 1.54) is 23.9 Å². The Morgan fingerprint density at radius 3 is 2.88 bits per heavy atom. The fraction of sp³-hybridized carbons (Fsp3) is 0.263. The number of carbonyl (C=O) groups is 1. The maximum absolute atomic E-state index is 13.3. The predicted octanol–water partition coefficient (Wildman–Crippen LogP) is 4.15. The van der Waals surface area contributed by atoms with Crippen LogP contribution in [0.25, 0.3) is 11.0 Å². The van der Waals surface area contributed by atoms with Gasteiger partial charge >= 0.3 is 0 Å². The number of benzene rings is 2. The quantitative estimate of drug-likeness (QED) is 0.698. The minimum Gasteiger partial charge on any atom is -0.340 e. The van der Waals surface area contributed by atoms with E-state index in [0.29, 0.717) is 6.54 Å². The largest absolute Gasteiger partial charge is 0.340 e. The number of rotatable bonds is 5. The number of amides is 1. The lowest BCUT2D eigenvalue weighted by atomic mass is 10.2. The molecule has 3 rings (SSSR count). The van der Waals surface area contributed by atoms with E-state index in [-0.39, 0.29) is 17.0 Å². The Morgan fingerprint density at radius 1 is 1.32 bits per heavy atom. The normalized spacial score (nSPS) is 12.3. The second-order valence-electron chi connectivity index (χ2n) is 6.15. The van der Waals surface area contributed by atoms with Crippen LogP contribution in [0.5, 0.6) is 0 Å². The minimum absolute atomic E-state index is 0.0223. The highest BCUT2D eigenvalue weighted by Gasteiger charge is 2.20. The van der Waals surface area contributed by atoms with Crippen molar-refractivity contribution < 1.29 is 9.18 Å². The van der Waals surface area contributed by atoms with Crippen molar-refractivity contribution >= 4 is 28.7 Å². The van der Waals surface area contributed by atoms with Crippen LogP contribution in [-0.2, 0) is 11.3 Å². The fourth-order valence-electron chi connectivity index (χ4n) is 2.67. The Kier molecular flexibility index (Phi) is 5.08. The van der Waals surface area contributed by atoms with Gasteiger partial charge in [-0.1, -0.05) is 30.0 Å². The zero-order valence-corrected chi connectivity index (χ0v) is 15.2. The second-order valence-corrected chi connectivity index (χ2v) is 7.48. The molecule has 0 saturated heterocycles. The van der Waals surface area contributed by atoms with Crippen LogP contribution < -0.4 is 0 Å². The Hall–Kier alpha value is -2.34. The lowest BCUT2D eigenvalue weighted by Gasteiger charge is -2.20. The SMILES string of the molecule is Cc1ccc2nc(S[C@H](C)C(=O)N(C)Cc3cccc(F)c3)[nH]c2c1. The van der Waals surface area contributed by atoms with Gasteiger partial charge in [0.15, 0.2) is 5.16 Å². The fourth-order valence-corrected chi connectivity index (χ4v) is 3.61. The number of halogens is 1. The van der Waals surface area contributed by atoms with Crippen molar-refractivity contribution in [2.24, 2.45) is 0 Å². The van der Waals surface area contributed by atoms with E-state index in [0.717, 1.165) is 27.3 Å². The van der Waals surface area contributed by atoms with Gasteiger partial charge in [0.05, 0.1) is 16.3 Å². The molecule has 0 radical (unpaired) electrons. The molecule has 4 nitrogen and oxygen atoms in total. The molecule has 25 heavy (non-hydrogen) atoms. The number of nitrogens with zero attached hydrogens (tertiary/aromatic N) is 2. The molecule has 0 aliphatic heterocycles. The molecule has 0 aliphatic rings. The molecule has 130 valence electrons. The summed E-state index contributed by atoms with van der Waals surface area (Å²) in [5.74, 6) is -0.316. The number of aromatic amines is 1. The van der Waals surface area contributed by atoms with E-state index < -0.39 is 0 Å². The number of aromatic nitrogens is 2. The average Bonchev–Trinajstić information content (AvgIpc) is 2.95. The molecule has 1 amide bonds. The molecule has 0 bridgehead atoms. The number of carbonyl (C=O) groups excluding carboxylic acids is 1. The van der Waals surface area contributed by atoms with E-state index in [1.54, 1.807) is 18.0 Å². The van der Waals surface area contributed by atoms with Crippen LogP contribution in [0.4, 0.5) is 4.39 Å². The van der Waals surface area contributed by atoms with Gasteiger partial charge in [-0.2, -0.15) is 0 Å². The topological polar surface area (TPSA) is 49.0 Å². The maximum atomic E-state index is 13.3. The molecule has 1 N–H and O–H groups in total. The number of aryl methyl sites for hydroxylation is 1. The lowest BCUT2D eigenvalue weighted by Crippen LogP contribution is -2.32. The third-order valence-corrected chi connectivity index (χ3v) is 4.91. The van der Waals surface area contributed by atoms with E-state index in [1.807, 2.05) is 38.1 Å². The number of hydrogen-bond acceptors (Lipinski definition) is 3. The number of nitrogens with one attached hydrogen (secondary N) is 1. The number of hydrogen-bond donors (Lipinski definition) is 1. The molecule has 0 saturated carbocycles. The zero-order chi connectivity index (χ0) is 18.0. The van der Waals surface area contributed by atoms with Gasteiger partial charge in [0.1, 0.15) is 5.82 Å². The smallest absolute Gasteiger partial charge is 0.235 e. The Morgan fingerprint density at radius 2 is 2.12 bits per heavy atom. The number of thioether (sulfide) groups is 1. The van der Waals surface area contributed by atoms with Crippen LogP contribution in [0.2, 0.25) is 0 Å². The van der Waals surface area contributed by atoms with Crippen molar-refractivity contribution in [3.63, 3.8) is 0 Å². The first kappa shape index (κ1) is 17.5. The van der Waals surface area contributed by atoms with Gasteiger partial charge in [0, 0.05) is 13.6 Å². The zero-order valence-electron chi connectivity index (χ0n) is 14.4. The summed E-state index contributed by atoms with van der Waals surface area (Å²) in [6.45, 7) is 4.26. The Balaban J connectivity index is 1.66. The average molecular weight is 357 g/mol. The monoisotopic (exact) mass is 357 g/mol. The Bertz CT molecular complexity index is 909. The molecular weight excluding hydrogens is 337 g/mol. The highest BCUT2D eigenvalue weighted by Crippen LogP contribution is 2.25. The van der Waals surface area contributed by atoms with Crippen LogP contribution >= 0.6 is 11.8 Å². The number of H-pyrrole nitrogens is 1. The summed E-state index contributed by atoms with van der Waals surface area (Å²) < 4.78 is 13.3. The highest BCUT2D eigenvalue weighted by molar-refractivity contribution is 8.00. The van der Waals surface area contributed by atoms with Crippen molar-refractivity contribution in [1.82, 2.24) is 14.9 Å². The number of fused-ring (bicyclic) bond motifs is 1. The second kappa shape index (κ2) is 7.27. The molecule has 6 heteroatoms. The van der Waals surface area contributed by atoms with Crippen LogP contribution in [-0.4, -0.2) is 33.1 Å². The lowest BCUT2D eigenvalue weighted by molar-refractivity contribution is -0.129. The van der Waals surface area contributed by atoms with Gasteiger partial charge in [-0.15, -0.1) is 0 Å². The van der Waals surface area contributed by atoms with E-state index >= 15 is 0 Å². The highest BCUT2D eigenvalue weighted by atomic mass is 32.2. The summed E-state index contributed by atoms with van der Waals surface area (Å²) >= 11 is 1.39. The molecule has 0 unspecified atom stereocenters. The minimum atomic E-state index is -0.293. The molecular formula is C19H20FN3OS. The van der Waals surface area contributed by atoms with Gasteiger partial charge in [-0.05, 0) is 49.2 Å². The van der Waals surface area contributed by atoms with Gasteiger partial charge < -0.3 is 9.88 Å². The maximum Gasteiger partial charge on any atom is 0.235 e. The van der Waals surface area contributed by atoms with E-state index in [2.05, 4.69) is 9.97 Å². The predicted molar refractivity (Wildman–Crippen MR) is 99.0 cm³/mol. The third kappa shape index (κ3) is 4.20. The molecule has 1 atom stereocenters. The van der Waals surface area contributed by atoms with Gasteiger partial charge in [-0.25, -0.2) is 9.37 Å². The summed E-state index contributed by atoms with van der Waals surface area (Å²) in [6.07, 6.45) is 0. The summed E-state index contributed by atoms with van der Waals surface area (Å²) in [7, 11) is 1.73. The van der Waals surface area contributed by atoms with Crippen molar-refractivity contribution in [1.29, 1.82) is 0 Å². The first-order valence-corrected chi connectivity index (χ1v) is 8.93. The summed E-state index contributed by atoms with van der Waals surface area (Å²) in [5.41, 5.74) is 3.79. The summed E-state index contributed by atoms with van der Waals surface area (Å²) in [6, 6.07) is 12.3. The molecule has 1 aromatic heterocycles. The first-order chi connectivity index (χ1) is 11.9. The van der Waals surface area contributed by atoms with Crippen molar-refractivity contribution in [2.75, 3.05) is 7.05 Å². The van der Waals surface area contributed by atoms with Crippen molar-refractivity contribution in [3.8, 4) is 0 Å². The van der Waals surface area contributed by atoms with Gasteiger partial charge in [0.25, 0.3) is 0 Å². The standard InChI is InChI=1S/C19H20FN3OS/c1-12-7-8-16-17(9-12)22-19(21-16)25-13(2)18(24)23(3)11-14-5-4-6-15(20)10-14/h4-10,13H,11H2,1-3H3,(H,21,22)/t13-/m1/s1. The number of imidazole rings is 1. The molecule has 0 spiro atoms. The van der Waals surface area contributed by atoms with Crippen LogP contribution in [0.15, 0.2) is 47.6 Å². The first-order valence-electron chi connectivity index (χ1n) is 8.05. The molecule has 2 aromatic carbocycles. The molecule has 1 heterocycles. The molecule has 0 aliphatic carbocycles. The molecule has 0 fully saturated rings. The van der Waals surface area contributed by atoms with Crippen molar-refractivity contribution in [3.05, 3.63) is 59.4 Å². The van der Waals surface area contributed by atoms with Crippen LogP contribution in [0, 0.1) is 12.7 Å². The van der Waals surface area contributed by atoms with Crippen LogP contribution in [0.1, 0.15) is 18.1 Å². The van der Waals surface area contributed by atoms with Crippen molar-refractivity contribution in [2.45, 2.75) is 30.8 Å². The Labute approximate surface area is 150 Å². The third-order valence-electron chi connectivity index (χ3n) is 3.94. The van der Waals surface area contributed by atoms with E-state index in [9.17, 15) is 9.18 Å². The van der Waals surface area contributed by atoms with Gasteiger partial charge in [-0.3, -0.25) is 4.79 Å². The van der Waals surface area contributed by atoms with Gasteiger partial charge in [0.2, 0.25) is 5.91 Å². The summed E-state index contributed by atoms with van der Waals surface area (Å²) in [4.78, 5) is 22.0.